The minimum absolute atomic E-state index is 0.129. The Labute approximate surface area is 175 Å². The Kier molecular flexibility index (Phi) is 5.02. The molecule has 1 aromatic heterocycles. The maximum absolute atomic E-state index is 13.9. The van der Waals surface area contributed by atoms with Crippen molar-refractivity contribution in [3.05, 3.63) is 88.5 Å². The van der Waals surface area contributed by atoms with Gasteiger partial charge in [-0.15, -0.1) is 0 Å². The molecule has 1 heterocycles. The third-order valence-corrected chi connectivity index (χ3v) is 6.53. The third kappa shape index (κ3) is 3.71. The number of aromatic nitrogens is 1. The summed E-state index contributed by atoms with van der Waals surface area (Å²) in [5.41, 5.74) is 0.772. The molecule has 4 rings (SSSR count). The number of fused-ring (bicyclic) bond motifs is 1. The van der Waals surface area contributed by atoms with Crippen LogP contribution >= 0.6 is 23.2 Å². The number of hydrogen-bond acceptors (Lipinski definition) is 3. The van der Waals surface area contributed by atoms with Crippen LogP contribution in [-0.4, -0.2) is 13.4 Å². The molecule has 146 valence electrons. The number of nitrogens with zero attached hydrogens (tertiary/aromatic N) is 1. The second-order valence-electron chi connectivity index (χ2n) is 6.28. The zero-order chi connectivity index (χ0) is 20.8. The summed E-state index contributed by atoms with van der Waals surface area (Å²) in [4.78, 5) is 3.81. The molecule has 0 unspecified atom stereocenters. The Balaban J connectivity index is 2.09. The minimum atomic E-state index is -4.12. The highest BCUT2D eigenvalue weighted by Crippen LogP contribution is 2.37. The van der Waals surface area contributed by atoms with E-state index < -0.39 is 21.5 Å². The van der Waals surface area contributed by atoms with Gasteiger partial charge < -0.3 is 0 Å². The zero-order valence-electron chi connectivity index (χ0n) is 14.5. The first-order valence-electron chi connectivity index (χ1n) is 8.31. The van der Waals surface area contributed by atoms with E-state index in [-0.39, 0.29) is 30.9 Å². The van der Waals surface area contributed by atoms with E-state index in [4.69, 9.17) is 23.2 Å². The minimum Gasteiger partial charge on any atom is -0.255 e. The average Bonchev–Trinajstić information content (AvgIpc) is 2.66. The predicted octanol–water partition coefficient (Wildman–Crippen LogP) is 6.32. The highest BCUT2D eigenvalue weighted by atomic mass is 35.5. The SMILES string of the molecule is O=S(=O)(c1cc(Cl)cc(Cl)c1)c1cnc2cc(F)ccc2c1-c1cccc(F)c1. The number of halogens is 4. The quantitative estimate of drug-likeness (QED) is 0.367. The van der Waals surface area contributed by atoms with Gasteiger partial charge in [0.05, 0.1) is 15.3 Å². The summed E-state index contributed by atoms with van der Waals surface area (Å²) in [6.45, 7) is 0. The average molecular weight is 450 g/mol. The van der Waals surface area contributed by atoms with Crippen molar-refractivity contribution in [1.82, 2.24) is 4.98 Å². The summed E-state index contributed by atoms with van der Waals surface area (Å²) in [5.74, 6) is -1.06. The van der Waals surface area contributed by atoms with Crippen molar-refractivity contribution in [2.24, 2.45) is 0 Å². The van der Waals surface area contributed by atoms with Crippen molar-refractivity contribution in [2.45, 2.75) is 9.79 Å². The molecule has 0 spiro atoms. The van der Waals surface area contributed by atoms with E-state index >= 15 is 0 Å². The molecule has 0 fully saturated rings. The van der Waals surface area contributed by atoms with Gasteiger partial charge >= 0.3 is 0 Å². The lowest BCUT2D eigenvalue weighted by Gasteiger charge is -2.14. The van der Waals surface area contributed by atoms with Crippen LogP contribution in [0.25, 0.3) is 22.0 Å². The van der Waals surface area contributed by atoms with Crippen molar-refractivity contribution >= 4 is 43.9 Å². The first-order chi connectivity index (χ1) is 13.8. The molecule has 3 aromatic carbocycles. The molecule has 29 heavy (non-hydrogen) atoms. The Bertz CT molecular complexity index is 1350. The molecule has 0 saturated carbocycles. The van der Waals surface area contributed by atoms with Crippen molar-refractivity contribution in [2.75, 3.05) is 0 Å². The summed E-state index contributed by atoms with van der Waals surface area (Å²) in [6, 6.07) is 13.3. The number of rotatable bonds is 3. The largest absolute Gasteiger partial charge is 0.255 e. The summed E-state index contributed by atoms with van der Waals surface area (Å²) in [5, 5.41) is 0.671. The van der Waals surface area contributed by atoms with E-state index in [0.29, 0.717) is 10.9 Å². The van der Waals surface area contributed by atoms with Gasteiger partial charge in [-0.05, 0) is 48.0 Å². The fraction of sp³-hybridized carbons (Fsp3) is 0. The van der Waals surface area contributed by atoms with Crippen LogP contribution in [0.2, 0.25) is 10.0 Å². The summed E-state index contributed by atoms with van der Waals surface area (Å²) < 4.78 is 54.4. The normalized spacial score (nSPS) is 11.7. The zero-order valence-corrected chi connectivity index (χ0v) is 16.9. The van der Waals surface area contributed by atoms with Crippen LogP contribution in [0.4, 0.5) is 8.78 Å². The maximum Gasteiger partial charge on any atom is 0.208 e. The van der Waals surface area contributed by atoms with Crippen LogP contribution < -0.4 is 0 Å². The van der Waals surface area contributed by atoms with Gasteiger partial charge in [0.15, 0.2) is 0 Å². The molecule has 0 aliphatic rings. The van der Waals surface area contributed by atoms with Gasteiger partial charge in [-0.2, -0.15) is 0 Å². The molecule has 0 saturated heterocycles. The van der Waals surface area contributed by atoms with Crippen molar-refractivity contribution < 1.29 is 17.2 Å². The van der Waals surface area contributed by atoms with Crippen LogP contribution in [0.5, 0.6) is 0 Å². The molecule has 0 N–H and O–H groups in total. The highest BCUT2D eigenvalue weighted by Gasteiger charge is 2.25. The van der Waals surface area contributed by atoms with Crippen molar-refractivity contribution in [1.29, 1.82) is 0 Å². The summed E-state index contributed by atoms with van der Waals surface area (Å²) >= 11 is 12.0. The van der Waals surface area contributed by atoms with Gasteiger partial charge in [0.2, 0.25) is 9.84 Å². The topological polar surface area (TPSA) is 47.0 Å². The van der Waals surface area contributed by atoms with Gasteiger partial charge in [0.1, 0.15) is 11.6 Å². The molecule has 0 aliphatic heterocycles. The number of sulfone groups is 1. The summed E-state index contributed by atoms with van der Waals surface area (Å²) in [7, 11) is -4.12. The third-order valence-electron chi connectivity index (χ3n) is 4.35. The Hall–Kier alpha value is -2.54. The Morgan fingerprint density at radius 3 is 2.21 bits per heavy atom. The Morgan fingerprint density at radius 2 is 1.52 bits per heavy atom. The van der Waals surface area contributed by atoms with Crippen LogP contribution in [0, 0.1) is 11.6 Å². The fourth-order valence-corrected chi connectivity index (χ4v) is 5.27. The van der Waals surface area contributed by atoms with Gasteiger partial charge in [-0.25, -0.2) is 17.2 Å². The van der Waals surface area contributed by atoms with Gasteiger partial charge in [-0.3, -0.25) is 4.98 Å². The molecule has 0 aliphatic carbocycles. The Morgan fingerprint density at radius 1 is 0.828 bits per heavy atom. The van der Waals surface area contributed by atoms with Crippen LogP contribution in [0.3, 0.4) is 0 Å². The smallest absolute Gasteiger partial charge is 0.208 e. The fourth-order valence-electron chi connectivity index (χ4n) is 3.10. The monoisotopic (exact) mass is 449 g/mol. The van der Waals surface area contributed by atoms with Crippen molar-refractivity contribution in [3.63, 3.8) is 0 Å². The molecule has 4 aromatic rings. The van der Waals surface area contributed by atoms with Crippen LogP contribution in [0.1, 0.15) is 0 Å². The molecule has 3 nitrogen and oxygen atoms in total. The molecular weight excluding hydrogens is 439 g/mol. The highest BCUT2D eigenvalue weighted by molar-refractivity contribution is 7.91. The number of hydrogen-bond donors (Lipinski definition) is 0. The van der Waals surface area contributed by atoms with E-state index in [2.05, 4.69) is 4.98 Å². The molecule has 8 heteroatoms. The molecule has 0 bridgehead atoms. The number of pyridine rings is 1. The number of benzene rings is 3. The van der Waals surface area contributed by atoms with Gasteiger partial charge in [0, 0.05) is 33.3 Å². The standard InChI is InChI=1S/C21H11Cl2F2NO2S/c22-13-7-14(23)9-17(8-13)29(27,28)20-11-26-19-10-16(25)4-5-18(19)21(20)12-2-1-3-15(24)6-12/h1-11H. The van der Waals surface area contributed by atoms with E-state index in [1.165, 1.54) is 54.6 Å². The molecule has 0 radical (unpaired) electrons. The van der Waals surface area contributed by atoms with E-state index in [1.807, 2.05) is 0 Å². The second-order valence-corrected chi connectivity index (χ2v) is 9.07. The van der Waals surface area contributed by atoms with Crippen LogP contribution in [-0.2, 0) is 9.84 Å². The predicted molar refractivity (Wildman–Crippen MR) is 109 cm³/mol. The molecule has 0 amide bonds. The van der Waals surface area contributed by atoms with Crippen LogP contribution in [0.15, 0.2) is 76.7 Å². The lowest BCUT2D eigenvalue weighted by Crippen LogP contribution is -2.06. The first-order valence-corrected chi connectivity index (χ1v) is 10.5. The lowest BCUT2D eigenvalue weighted by atomic mass is 10.0. The molecular formula is C21H11Cl2F2NO2S. The van der Waals surface area contributed by atoms with Gasteiger partial charge in [0.25, 0.3) is 0 Å². The van der Waals surface area contributed by atoms with Crippen molar-refractivity contribution in [3.8, 4) is 11.1 Å². The first kappa shape index (κ1) is 19.8. The second kappa shape index (κ2) is 7.37. The van der Waals surface area contributed by atoms with E-state index in [1.54, 1.807) is 6.07 Å². The summed E-state index contributed by atoms with van der Waals surface area (Å²) in [6.07, 6.45) is 1.13. The lowest BCUT2D eigenvalue weighted by molar-refractivity contribution is 0.596. The van der Waals surface area contributed by atoms with E-state index in [9.17, 15) is 17.2 Å². The molecule has 0 atom stereocenters. The maximum atomic E-state index is 13.9. The van der Waals surface area contributed by atoms with Gasteiger partial charge in [-0.1, -0.05) is 35.3 Å². The van der Waals surface area contributed by atoms with E-state index in [0.717, 1.165) is 6.20 Å².